The molecular weight excluding hydrogens is 256 g/mol. The van der Waals surface area contributed by atoms with Crippen LogP contribution < -0.4 is 0 Å². The molecule has 1 heterocycles. The van der Waals surface area contributed by atoms with Gasteiger partial charge in [0.15, 0.2) is 0 Å². The van der Waals surface area contributed by atoms with Gasteiger partial charge in [0, 0.05) is 10.7 Å². The van der Waals surface area contributed by atoms with Gasteiger partial charge in [0.1, 0.15) is 0 Å². The zero-order chi connectivity index (χ0) is 10.8. The minimum atomic E-state index is -0.0278. The van der Waals surface area contributed by atoms with Crippen LogP contribution in [0.3, 0.4) is 0 Å². The Kier molecular flexibility index (Phi) is 2.88. The van der Waals surface area contributed by atoms with E-state index in [1.165, 1.54) is 5.56 Å². The number of nitrogens with zero attached hydrogens (tertiary/aromatic N) is 2. The Balaban J connectivity index is 2.44. The van der Waals surface area contributed by atoms with Gasteiger partial charge in [-0.3, -0.25) is 0 Å². The lowest BCUT2D eigenvalue weighted by molar-refractivity contribution is 0.276. The fourth-order valence-corrected chi connectivity index (χ4v) is 2.03. The van der Waals surface area contributed by atoms with Crippen LogP contribution in [0, 0.1) is 6.92 Å². The first-order valence-corrected chi connectivity index (χ1v) is 5.41. The molecule has 0 saturated carbocycles. The van der Waals surface area contributed by atoms with Crippen molar-refractivity contribution in [2.24, 2.45) is 0 Å². The second-order valence-corrected chi connectivity index (χ2v) is 4.31. The summed E-state index contributed by atoms with van der Waals surface area (Å²) in [4.78, 5) is 0. The number of hydrogen-bond donors (Lipinski definition) is 1. The zero-order valence-electron chi connectivity index (χ0n) is 8.31. The number of aromatic nitrogens is 2. The average Bonchev–Trinajstić information content (AvgIpc) is 2.64. The molecule has 2 rings (SSSR count). The Morgan fingerprint density at radius 1 is 1.40 bits per heavy atom. The van der Waals surface area contributed by atoms with Crippen LogP contribution in [0.15, 0.2) is 34.9 Å². The molecule has 0 radical (unpaired) electrons. The van der Waals surface area contributed by atoms with Gasteiger partial charge in [-0.2, -0.15) is 5.10 Å². The van der Waals surface area contributed by atoms with Crippen molar-refractivity contribution >= 4 is 15.9 Å². The fourth-order valence-electron chi connectivity index (χ4n) is 1.44. The molecule has 0 fully saturated rings. The second kappa shape index (κ2) is 4.16. The molecule has 0 spiro atoms. The summed E-state index contributed by atoms with van der Waals surface area (Å²) in [6.07, 6.45) is 1.84. The van der Waals surface area contributed by atoms with Crippen LogP contribution in [0.2, 0.25) is 0 Å². The normalized spacial score (nSPS) is 10.6. The lowest BCUT2D eigenvalue weighted by Crippen LogP contribution is -1.96. The fraction of sp³-hybridized carbons (Fsp3) is 0.182. The molecule has 0 saturated heterocycles. The minimum absolute atomic E-state index is 0.0278. The van der Waals surface area contributed by atoms with E-state index in [1.54, 1.807) is 10.7 Å². The van der Waals surface area contributed by atoms with Crippen LogP contribution in [0.25, 0.3) is 5.69 Å². The smallest absolute Gasteiger partial charge is 0.0883 e. The lowest BCUT2D eigenvalue weighted by atomic mass is 10.2. The lowest BCUT2D eigenvalue weighted by Gasteiger charge is -2.03. The molecule has 0 amide bonds. The van der Waals surface area contributed by atoms with Crippen LogP contribution in [0.1, 0.15) is 11.3 Å². The SMILES string of the molecule is Cc1cc(Br)cc(-n2ccc(CO)n2)c1. The topological polar surface area (TPSA) is 38.0 Å². The maximum atomic E-state index is 8.92. The monoisotopic (exact) mass is 266 g/mol. The summed E-state index contributed by atoms with van der Waals surface area (Å²) in [5.74, 6) is 0. The zero-order valence-corrected chi connectivity index (χ0v) is 9.90. The third-order valence-corrected chi connectivity index (χ3v) is 2.56. The summed E-state index contributed by atoms with van der Waals surface area (Å²) in [6, 6.07) is 7.87. The van der Waals surface area contributed by atoms with Gasteiger partial charge in [-0.1, -0.05) is 15.9 Å². The summed E-state index contributed by atoms with van der Waals surface area (Å²) >= 11 is 3.44. The van der Waals surface area contributed by atoms with Crippen LogP contribution in [-0.4, -0.2) is 14.9 Å². The molecule has 0 atom stereocenters. The van der Waals surface area contributed by atoms with Gasteiger partial charge in [-0.15, -0.1) is 0 Å². The molecular formula is C11H11BrN2O. The Labute approximate surface area is 96.5 Å². The molecule has 0 bridgehead atoms. The first-order valence-electron chi connectivity index (χ1n) is 4.62. The number of aliphatic hydroxyl groups excluding tert-OH is 1. The summed E-state index contributed by atoms with van der Waals surface area (Å²) in [5.41, 5.74) is 2.83. The van der Waals surface area contributed by atoms with Gasteiger partial charge < -0.3 is 5.11 Å². The Morgan fingerprint density at radius 3 is 2.80 bits per heavy atom. The molecule has 1 aromatic carbocycles. The van der Waals surface area contributed by atoms with E-state index in [-0.39, 0.29) is 6.61 Å². The highest BCUT2D eigenvalue weighted by atomic mass is 79.9. The van der Waals surface area contributed by atoms with Gasteiger partial charge >= 0.3 is 0 Å². The van der Waals surface area contributed by atoms with Crippen molar-refractivity contribution in [2.75, 3.05) is 0 Å². The highest BCUT2D eigenvalue weighted by Gasteiger charge is 2.01. The number of rotatable bonds is 2. The summed E-state index contributed by atoms with van der Waals surface area (Å²) in [7, 11) is 0. The number of halogens is 1. The molecule has 15 heavy (non-hydrogen) atoms. The molecule has 0 aliphatic heterocycles. The molecule has 1 aromatic heterocycles. The van der Waals surface area contributed by atoms with Crippen LogP contribution in [0.5, 0.6) is 0 Å². The van der Waals surface area contributed by atoms with Gasteiger partial charge in [-0.05, 0) is 36.8 Å². The Hall–Kier alpha value is -1.13. The Morgan fingerprint density at radius 2 is 2.20 bits per heavy atom. The number of benzene rings is 1. The quantitative estimate of drug-likeness (QED) is 0.907. The van der Waals surface area contributed by atoms with Crippen molar-refractivity contribution in [1.82, 2.24) is 9.78 Å². The van der Waals surface area contributed by atoms with Crippen molar-refractivity contribution in [3.8, 4) is 5.69 Å². The largest absolute Gasteiger partial charge is 0.390 e. The van der Waals surface area contributed by atoms with Gasteiger partial charge in [0.2, 0.25) is 0 Å². The third-order valence-electron chi connectivity index (χ3n) is 2.10. The van der Waals surface area contributed by atoms with Gasteiger partial charge in [-0.25, -0.2) is 4.68 Å². The van der Waals surface area contributed by atoms with Gasteiger partial charge in [0.05, 0.1) is 18.0 Å². The van der Waals surface area contributed by atoms with E-state index in [9.17, 15) is 0 Å². The van der Waals surface area contributed by atoms with Crippen molar-refractivity contribution < 1.29 is 5.11 Å². The molecule has 2 aromatic rings. The van der Waals surface area contributed by atoms with Crippen molar-refractivity contribution in [2.45, 2.75) is 13.5 Å². The van der Waals surface area contributed by atoms with E-state index < -0.39 is 0 Å². The first kappa shape index (κ1) is 10.4. The van der Waals surface area contributed by atoms with Crippen LogP contribution in [-0.2, 0) is 6.61 Å². The highest BCUT2D eigenvalue weighted by Crippen LogP contribution is 2.18. The molecule has 0 aliphatic carbocycles. The summed E-state index contributed by atoms with van der Waals surface area (Å²) < 4.78 is 2.78. The summed E-state index contributed by atoms with van der Waals surface area (Å²) in [5, 5.41) is 13.1. The molecule has 4 heteroatoms. The van der Waals surface area contributed by atoms with Crippen LogP contribution in [0.4, 0.5) is 0 Å². The van der Waals surface area contributed by atoms with E-state index in [0.717, 1.165) is 10.2 Å². The van der Waals surface area contributed by atoms with E-state index >= 15 is 0 Å². The van der Waals surface area contributed by atoms with E-state index in [1.807, 2.05) is 31.3 Å². The molecule has 0 unspecified atom stereocenters. The average molecular weight is 267 g/mol. The molecule has 0 aliphatic rings. The highest BCUT2D eigenvalue weighted by molar-refractivity contribution is 9.10. The first-order chi connectivity index (χ1) is 7.19. The van der Waals surface area contributed by atoms with Gasteiger partial charge in [0.25, 0.3) is 0 Å². The molecule has 78 valence electrons. The Bertz CT molecular complexity index is 459. The predicted octanol–water partition coefficient (Wildman–Crippen LogP) is 2.44. The standard InChI is InChI=1S/C11H11BrN2O/c1-8-4-9(12)6-11(5-8)14-3-2-10(7-15)13-14/h2-6,15H,7H2,1H3. The minimum Gasteiger partial charge on any atom is -0.390 e. The number of aliphatic hydroxyl groups is 1. The molecule has 3 nitrogen and oxygen atoms in total. The molecule has 1 N–H and O–H groups in total. The maximum absolute atomic E-state index is 8.92. The maximum Gasteiger partial charge on any atom is 0.0883 e. The third kappa shape index (κ3) is 2.27. The van der Waals surface area contributed by atoms with E-state index in [4.69, 9.17) is 5.11 Å². The van der Waals surface area contributed by atoms with Crippen LogP contribution >= 0.6 is 15.9 Å². The second-order valence-electron chi connectivity index (χ2n) is 3.40. The number of aryl methyl sites for hydroxylation is 1. The van der Waals surface area contributed by atoms with Crippen molar-refractivity contribution in [1.29, 1.82) is 0 Å². The predicted molar refractivity (Wildman–Crippen MR) is 61.9 cm³/mol. The van der Waals surface area contributed by atoms with Crippen molar-refractivity contribution in [3.63, 3.8) is 0 Å². The number of hydrogen-bond acceptors (Lipinski definition) is 2. The summed E-state index contributed by atoms with van der Waals surface area (Å²) in [6.45, 7) is 2.00. The van der Waals surface area contributed by atoms with E-state index in [2.05, 4.69) is 21.0 Å². The van der Waals surface area contributed by atoms with E-state index in [0.29, 0.717) is 5.69 Å². The van der Waals surface area contributed by atoms with Crippen molar-refractivity contribution in [3.05, 3.63) is 46.2 Å².